The molecule has 0 spiro atoms. The van der Waals surface area contributed by atoms with Crippen LogP contribution in [0.15, 0.2) is 35.1 Å². The van der Waals surface area contributed by atoms with E-state index in [0.29, 0.717) is 17.2 Å². The Balaban J connectivity index is 2.46. The van der Waals surface area contributed by atoms with E-state index in [-0.39, 0.29) is 0 Å². The van der Waals surface area contributed by atoms with Gasteiger partial charge in [0.05, 0.1) is 10.4 Å². The minimum atomic E-state index is -1.98. The Bertz CT molecular complexity index is 870. The van der Waals surface area contributed by atoms with Crippen LogP contribution in [0.5, 0.6) is 0 Å². The third kappa shape index (κ3) is 1.66. The molecule has 0 unspecified atom stereocenters. The minimum absolute atomic E-state index is 0.360. The first-order valence-corrected chi connectivity index (χ1v) is 6.23. The van der Waals surface area contributed by atoms with Gasteiger partial charge >= 0.3 is 0 Å². The van der Waals surface area contributed by atoms with Gasteiger partial charge < -0.3 is 0 Å². The number of benzene rings is 2. The Hall–Kier alpha value is -2.15. The molecule has 0 aliphatic rings. The number of rotatable bonds is 1. The number of aromatic nitrogens is 1. The van der Waals surface area contributed by atoms with E-state index in [0.717, 1.165) is 3.96 Å². The zero-order valence-electron chi connectivity index (χ0n) is 9.66. The molecule has 0 aliphatic heterocycles. The van der Waals surface area contributed by atoms with E-state index in [1.165, 1.54) is 0 Å². The average molecular weight is 299 g/mol. The number of hydrogen-bond acceptors (Lipinski definition) is 2. The normalized spacial score (nSPS) is 11.2. The molecule has 2 aromatic carbocycles. The molecule has 0 radical (unpaired) electrons. The first-order chi connectivity index (χ1) is 9.52. The molecule has 102 valence electrons. The second kappa shape index (κ2) is 4.45. The number of hydrogen-bond donors (Lipinski definition) is 0. The average Bonchev–Trinajstić information content (AvgIpc) is 2.81. The predicted molar refractivity (Wildman–Crippen MR) is 67.3 cm³/mol. The van der Waals surface area contributed by atoms with Gasteiger partial charge in [-0.3, -0.25) is 4.79 Å². The van der Waals surface area contributed by atoms with Crippen molar-refractivity contribution in [1.29, 1.82) is 0 Å². The first-order valence-electron chi connectivity index (χ1n) is 5.45. The van der Waals surface area contributed by atoms with Gasteiger partial charge in [0.25, 0.3) is 5.56 Å². The van der Waals surface area contributed by atoms with Crippen LogP contribution in [-0.4, -0.2) is 3.96 Å². The summed E-state index contributed by atoms with van der Waals surface area (Å²) >= 11 is 0.523. The van der Waals surface area contributed by atoms with Crippen LogP contribution in [0.4, 0.5) is 17.6 Å². The Morgan fingerprint density at radius 2 is 1.45 bits per heavy atom. The van der Waals surface area contributed by atoms with Crippen LogP contribution < -0.4 is 5.56 Å². The number of halogens is 4. The summed E-state index contributed by atoms with van der Waals surface area (Å²) in [7, 11) is 0. The molecule has 0 saturated carbocycles. The van der Waals surface area contributed by atoms with Crippen molar-refractivity contribution in [1.82, 2.24) is 3.96 Å². The molecule has 20 heavy (non-hydrogen) atoms. The monoisotopic (exact) mass is 299 g/mol. The van der Waals surface area contributed by atoms with Crippen molar-refractivity contribution in [2.45, 2.75) is 0 Å². The summed E-state index contributed by atoms with van der Waals surface area (Å²) in [6.45, 7) is 0. The maximum Gasteiger partial charge on any atom is 0.276 e. The fraction of sp³-hybridized carbons (Fsp3) is 0. The molecule has 0 bridgehead atoms. The van der Waals surface area contributed by atoms with E-state index in [9.17, 15) is 22.4 Å². The van der Waals surface area contributed by atoms with Crippen molar-refractivity contribution in [3.63, 3.8) is 0 Å². The van der Waals surface area contributed by atoms with E-state index >= 15 is 0 Å². The summed E-state index contributed by atoms with van der Waals surface area (Å²) in [6, 6.07) is 8.03. The van der Waals surface area contributed by atoms with Crippen LogP contribution in [0.2, 0.25) is 0 Å². The maximum atomic E-state index is 13.6. The molecule has 2 nitrogen and oxygen atoms in total. The second-order valence-corrected chi connectivity index (χ2v) is 4.94. The summed E-state index contributed by atoms with van der Waals surface area (Å²) < 4.78 is 54.1. The Kier molecular flexibility index (Phi) is 2.86. The van der Waals surface area contributed by atoms with Crippen LogP contribution in [0.25, 0.3) is 15.8 Å². The SMILES string of the molecule is O=c1c2c(F)c(F)c(F)c(F)c2sn1-c1ccccc1. The molecule has 0 fully saturated rings. The van der Waals surface area contributed by atoms with Gasteiger partial charge in [0.15, 0.2) is 23.3 Å². The van der Waals surface area contributed by atoms with Crippen molar-refractivity contribution in [3.8, 4) is 5.69 Å². The van der Waals surface area contributed by atoms with Gasteiger partial charge in [0.1, 0.15) is 5.39 Å². The Labute approximate surface area is 113 Å². The van der Waals surface area contributed by atoms with Gasteiger partial charge in [0.2, 0.25) is 0 Å². The summed E-state index contributed by atoms with van der Waals surface area (Å²) in [5, 5.41) is -0.782. The van der Waals surface area contributed by atoms with E-state index in [1.807, 2.05) is 0 Å². The zero-order chi connectivity index (χ0) is 14.4. The Morgan fingerprint density at radius 1 is 0.850 bits per heavy atom. The molecule has 0 N–H and O–H groups in total. The maximum absolute atomic E-state index is 13.6. The van der Waals surface area contributed by atoms with Crippen LogP contribution in [0, 0.1) is 23.3 Å². The second-order valence-electron chi connectivity index (χ2n) is 3.99. The minimum Gasteiger partial charge on any atom is -0.267 e. The Morgan fingerprint density at radius 3 is 2.10 bits per heavy atom. The highest BCUT2D eigenvalue weighted by Crippen LogP contribution is 2.29. The molecule has 0 atom stereocenters. The van der Waals surface area contributed by atoms with Gasteiger partial charge in [-0.1, -0.05) is 18.2 Å². The molecular formula is C13H5F4NOS. The van der Waals surface area contributed by atoms with Gasteiger partial charge in [-0.15, -0.1) is 0 Å². The molecule has 0 saturated heterocycles. The predicted octanol–water partition coefficient (Wildman–Crippen LogP) is 3.61. The number of fused-ring (bicyclic) bond motifs is 1. The summed E-state index contributed by atoms with van der Waals surface area (Å²) in [4.78, 5) is 12.0. The third-order valence-electron chi connectivity index (χ3n) is 2.80. The smallest absolute Gasteiger partial charge is 0.267 e. The number of nitrogens with zero attached hydrogens (tertiary/aromatic N) is 1. The lowest BCUT2D eigenvalue weighted by molar-refractivity contribution is 0.418. The molecule has 3 aromatic rings. The van der Waals surface area contributed by atoms with Gasteiger partial charge in [-0.2, -0.15) is 0 Å². The molecule has 1 aromatic heterocycles. The van der Waals surface area contributed by atoms with E-state index in [4.69, 9.17) is 0 Å². The fourth-order valence-corrected chi connectivity index (χ4v) is 2.88. The summed E-state index contributed by atoms with van der Waals surface area (Å²) in [6.07, 6.45) is 0. The van der Waals surface area contributed by atoms with Gasteiger partial charge in [-0.05, 0) is 23.7 Å². The van der Waals surface area contributed by atoms with Crippen LogP contribution in [0.3, 0.4) is 0 Å². The summed E-state index contributed by atoms with van der Waals surface area (Å²) in [5.74, 6) is -7.13. The molecule has 0 amide bonds. The molecule has 3 rings (SSSR count). The van der Waals surface area contributed by atoms with E-state index in [1.54, 1.807) is 30.3 Å². The standard InChI is InChI=1S/C13H5F4NOS/c14-8-7-12(11(17)10(16)9(8)15)20-18(13(7)19)6-4-2-1-3-5-6/h1-5H. The number of para-hydroxylation sites is 1. The van der Waals surface area contributed by atoms with E-state index < -0.39 is 38.9 Å². The highest BCUT2D eigenvalue weighted by molar-refractivity contribution is 7.14. The lowest BCUT2D eigenvalue weighted by Crippen LogP contribution is -2.12. The van der Waals surface area contributed by atoms with Gasteiger partial charge in [-0.25, -0.2) is 21.5 Å². The topological polar surface area (TPSA) is 22.0 Å². The lowest BCUT2D eigenvalue weighted by atomic mass is 10.2. The quantitative estimate of drug-likeness (QED) is 0.382. The third-order valence-corrected chi connectivity index (χ3v) is 3.92. The highest BCUT2D eigenvalue weighted by atomic mass is 32.1. The van der Waals surface area contributed by atoms with Crippen molar-refractivity contribution in [2.24, 2.45) is 0 Å². The van der Waals surface area contributed by atoms with Crippen LogP contribution >= 0.6 is 11.5 Å². The van der Waals surface area contributed by atoms with Crippen molar-refractivity contribution in [3.05, 3.63) is 64.0 Å². The zero-order valence-corrected chi connectivity index (χ0v) is 10.5. The largest absolute Gasteiger partial charge is 0.276 e. The highest BCUT2D eigenvalue weighted by Gasteiger charge is 2.25. The van der Waals surface area contributed by atoms with Crippen molar-refractivity contribution in [2.75, 3.05) is 0 Å². The van der Waals surface area contributed by atoms with Crippen LogP contribution in [0.1, 0.15) is 0 Å². The molecular weight excluding hydrogens is 294 g/mol. The molecule has 7 heteroatoms. The summed E-state index contributed by atoms with van der Waals surface area (Å²) in [5.41, 5.74) is -0.565. The van der Waals surface area contributed by atoms with Crippen molar-refractivity contribution >= 4 is 21.6 Å². The van der Waals surface area contributed by atoms with Crippen LogP contribution in [-0.2, 0) is 0 Å². The fourth-order valence-electron chi connectivity index (χ4n) is 1.86. The van der Waals surface area contributed by atoms with Crippen molar-refractivity contribution < 1.29 is 17.6 Å². The first kappa shape index (κ1) is 12.9. The van der Waals surface area contributed by atoms with Gasteiger partial charge in [0, 0.05) is 0 Å². The lowest BCUT2D eigenvalue weighted by Gasteiger charge is -1.97. The van der Waals surface area contributed by atoms with E-state index in [2.05, 4.69) is 0 Å². The molecule has 1 heterocycles. The molecule has 0 aliphatic carbocycles.